The van der Waals surface area contributed by atoms with Crippen molar-refractivity contribution in [3.05, 3.63) is 0 Å². The molecule has 1 fully saturated rings. The Balaban J connectivity index is 2.79. The van der Waals surface area contributed by atoms with Gasteiger partial charge < -0.3 is 14.7 Å². The summed E-state index contributed by atoms with van der Waals surface area (Å²) in [5, 5.41) is 9.44. The van der Waals surface area contributed by atoms with Crippen molar-refractivity contribution in [2.45, 2.75) is 18.9 Å². The first-order valence-corrected chi connectivity index (χ1v) is 5.72. The van der Waals surface area contributed by atoms with Gasteiger partial charge in [0.1, 0.15) is 5.54 Å². The van der Waals surface area contributed by atoms with E-state index in [4.69, 9.17) is 4.74 Å². The molecule has 0 aliphatic carbocycles. The van der Waals surface area contributed by atoms with Crippen LogP contribution in [0.15, 0.2) is 0 Å². The van der Waals surface area contributed by atoms with Gasteiger partial charge in [-0.15, -0.1) is 0 Å². The van der Waals surface area contributed by atoms with Gasteiger partial charge in [0.25, 0.3) is 0 Å². The normalized spacial score (nSPS) is 22.9. The lowest BCUT2D eigenvalue weighted by Gasteiger charge is -2.43. The molecule has 1 aliphatic heterocycles. The fourth-order valence-corrected chi connectivity index (χ4v) is 2.24. The van der Waals surface area contributed by atoms with Crippen LogP contribution in [0.3, 0.4) is 0 Å². The summed E-state index contributed by atoms with van der Waals surface area (Å²) in [7, 11) is 3.62. The Hall–Kier alpha value is -0.650. The molecule has 94 valence electrons. The minimum absolute atomic E-state index is 0.253. The van der Waals surface area contributed by atoms with Crippen LogP contribution in [0.2, 0.25) is 0 Å². The van der Waals surface area contributed by atoms with Crippen molar-refractivity contribution >= 4 is 5.97 Å². The van der Waals surface area contributed by atoms with Crippen molar-refractivity contribution < 1.29 is 14.6 Å². The zero-order valence-electron chi connectivity index (χ0n) is 10.4. The standard InChI is InChI=1S/C11H22N2O3/c1-4-11(9-16-3,10(14)15)13-7-5-12(2)6-8-13/h4-9H2,1-3H3,(H,14,15). The van der Waals surface area contributed by atoms with Gasteiger partial charge in [0.15, 0.2) is 0 Å². The van der Waals surface area contributed by atoms with E-state index in [0.717, 1.165) is 26.2 Å². The average Bonchev–Trinajstić information content (AvgIpc) is 2.27. The lowest BCUT2D eigenvalue weighted by Crippen LogP contribution is -2.62. The number of nitrogens with zero attached hydrogens (tertiary/aromatic N) is 2. The third-order valence-electron chi connectivity index (χ3n) is 3.47. The molecule has 0 spiro atoms. The molecule has 1 atom stereocenters. The van der Waals surface area contributed by atoms with E-state index in [1.807, 2.05) is 11.8 Å². The number of rotatable bonds is 5. The molecule has 1 unspecified atom stereocenters. The van der Waals surface area contributed by atoms with E-state index >= 15 is 0 Å². The molecule has 0 amide bonds. The highest BCUT2D eigenvalue weighted by Crippen LogP contribution is 2.22. The molecular formula is C11H22N2O3. The summed E-state index contributed by atoms with van der Waals surface area (Å²) in [6.45, 7) is 5.57. The molecule has 0 aromatic heterocycles. The first-order chi connectivity index (χ1) is 7.56. The molecular weight excluding hydrogens is 208 g/mol. The highest BCUT2D eigenvalue weighted by Gasteiger charge is 2.43. The van der Waals surface area contributed by atoms with Crippen LogP contribution in [0.5, 0.6) is 0 Å². The van der Waals surface area contributed by atoms with Crippen molar-refractivity contribution in [1.29, 1.82) is 0 Å². The zero-order valence-corrected chi connectivity index (χ0v) is 10.4. The first-order valence-electron chi connectivity index (χ1n) is 5.72. The average molecular weight is 230 g/mol. The number of carbonyl (C=O) groups is 1. The second-order valence-corrected chi connectivity index (χ2v) is 4.41. The maximum atomic E-state index is 11.5. The van der Waals surface area contributed by atoms with E-state index in [1.165, 1.54) is 0 Å². The molecule has 16 heavy (non-hydrogen) atoms. The molecule has 1 N–H and O–H groups in total. The summed E-state index contributed by atoms with van der Waals surface area (Å²) in [5.41, 5.74) is -0.851. The summed E-state index contributed by atoms with van der Waals surface area (Å²) in [5.74, 6) is -0.776. The van der Waals surface area contributed by atoms with Crippen molar-refractivity contribution in [2.24, 2.45) is 0 Å². The Kier molecular flexibility index (Phi) is 4.70. The number of likely N-dealkylation sites (N-methyl/N-ethyl adjacent to an activating group) is 1. The van der Waals surface area contributed by atoms with Gasteiger partial charge in [-0.2, -0.15) is 0 Å². The number of aliphatic carboxylic acids is 1. The zero-order chi connectivity index (χ0) is 12.2. The van der Waals surface area contributed by atoms with Gasteiger partial charge >= 0.3 is 5.97 Å². The SMILES string of the molecule is CCC(COC)(C(=O)O)N1CCN(C)CC1. The van der Waals surface area contributed by atoms with Gasteiger partial charge in [-0.1, -0.05) is 6.92 Å². The number of piperazine rings is 1. The minimum atomic E-state index is -0.851. The minimum Gasteiger partial charge on any atom is -0.480 e. The molecule has 5 nitrogen and oxygen atoms in total. The van der Waals surface area contributed by atoms with Crippen LogP contribution in [0.4, 0.5) is 0 Å². The Labute approximate surface area is 97.0 Å². The van der Waals surface area contributed by atoms with Crippen LogP contribution in [-0.2, 0) is 9.53 Å². The molecule has 0 aromatic carbocycles. The third kappa shape index (κ3) is 2.53. The summed E-state index contributed by atoms with van der Waals surface area (Å²) < 4.78 is 5.10. The number of carboxylic acid groups (broad SMARTS) is 1. The van der Waals surface area contributed by atoms with E-state index in [-0.39, 0.29) is 6.61 Å². The maximum absolute atomic E-state index is 11.5. The van der Waals surface area contributed by atoms with Crippen LogP contribution in [0.1, 0.15) is 13.3 Å². The number of ether oxygens (including phenoxy) is 1. The molecule has 1 rings (SSSR count). The molecule has 1 aliphatic rings. The Morgan fingerprint density at radius 3 is 2.31 bits per heavy atom. The number of methoxy groups -OCH3 is 1. The van der Waals surface area contributed by atoms with Crippen molar-refractivity contribution in [1.82, 2.24) is 9.80 Å². The van der Waals surface area contributed by atoms with E-state index in [9.17, 15) is 9.90 Å². The number of hydrogen-bond donors (Lipinski definition) is 1. The van der Waals surface area contributed by atoms with E-state index in [1.54, 1.807) is 7.11 Å². The molecule has 5 heteroatoms. The molecule has 1 saturated heterocycles. The molecule has 1 heterocycles. The van der Waals surface area contributed by atoms with Gasteiger partial charge in [0.05, 0.1) is 6.61 Å². The Morgan fingerprint density at radius 2 is 1.94 bits per heavy atom. The second-order valence-electron chi connectivity index (χ2n) is 4.41. The fraction of sp³-hybridized carbons (Fsp3) is 0.909. The quantitative estimate of drug-likeness (QED) is 0.726. The summed E-state index contributed by atoms with van der Waals surface area (Å²) >= 11 is 0. The van der Waals surface area contributed by atoms with Gasteiger partial charge in [-0.3, -0.25) is 9.69 Å². The van der Waals surface area contributed by atoms with Crippen molar-refractivity contribution in [3.63, 3.8) is 0 Å². The van der Waals surface area contributed by atoms with E-state index in [2.05, 4.69) is 11.9 Å². The highest BCUT2D eigenvalue weighted by atomic mass is 16.5. The molecule has 0 aromatic rings. The van der Waals surface area contributed by atoms with Gasteiger partial charge in [-0.25, -0.2) is 0 Å². The molecule has 0 radical (unpaired) electrons. The topological polar surface area (TPSA) is 53.0 Å². The summed E-state index contributed by atoms with van der Waals surface area (Å²) in [4.78, 5) is 15.7. The predicted molar refractivity (Wildman–Crippen MR) is 61.6 cm³/mol. The lowest BCUT2D eigenvalue weighted by molar-refractivity contribution is -0.157. The molecule has 0 bridgehead atoms. The van der Waals surface area contributed by atoms with Crippen molar-refractivity contribution in [3.8, 4) is 0 Å². The third-order valence-corrected chi connectivity index (χ3v) is 3.47. The van der Waals surface area contributed by atoms with E-state index < -0.39 is 11.5 Å². The van der Waals surface area contributed by atoms with E-state index in [0.29, 0.717) is 6.42 Å². The van der Waals surface area contributed by atoms with Crippen LogP contribution in [0, 0.1) is 0 Å². The van der Waals surface area contributed by atoms with Gasteiger partial charge in [0, 0.05) is 33.3 Å². The predicted octanol–water partition coefficient (Wildman–Crippen LogP) is 0.114. The lowest BCUT2D eigenvalue weighted by atomic mass is 9.94. The number of hydrogen-bond acceptors (Lipinski definition) is 4. The van der Waals surface area contributed by atoms with Crippen LogP contribution < -0.4 is 0 Å². The van der Waals surface area contributed by atoms with Crippen molar-refractivity contribution in [2.75, 3.05) is 46.9 Å². The van der Waals surface area contributed by atoms with Crippen LogP contribution >= 0.6 is 0 Å². The first kappa shape index (κ1) is 13.4. The fourth-order valence-electron chi connectivity index (χ4n) is 2.24. The maximum Gasteiger partial charge on any atom is 0.326 e. The molecule has 0 saturated carbocycles. The smallest absolute Gasteiger partial charge is 0.326 e. The van der Waals surface area contributed by atoms with Gasteiger partial charge in [0.2, 0.25) is 0 Å². The van der Waals surface area contributed by atoms with Crippen LogP contribution in [0.25, 0.3) is 0 Å². The van der Waals surface area contributed by atoms with Gasteiger partial charge in [-0.05, 0) is 13.5 Å². The second kappa shape index (κ2) is 5.61. The Morgan fingerprint density at radius 1 is 1.38 bits per heavy atom. The summed E-state index contributed by atoms with van der Waals surface area (Å²) in [6, 6.07) is 0. The highest BCUT2D eigenvalue weighted by molar-refractivity contribution is 5.79. The number of carboxylic acids is 1. The van der Waals surface area contributed by atoms with Crippen LogP contribution in [-0.4, -0.2) is 73.4 Å². The summed E-state index contributed by atoms with van der Waals surface area (Å²) in [6.07, 6.45) is 0.569. The largest absolute Gasteiger partial charge is 0.480 e. The Bertz CT molecular complexity index is 239. The monoisotopic (exact) mass is 230 g/mol.